The molecule has 1 aliphatic carbocycles. The van der Waals surface area contributed by atoms with Gasteiger partial charge in [-0.3, -0.25) is 9.59 Å². The van der Waals surface area contributed by atoms with Gasteiger partial charge in [0.25, 0.3) is 0 Å². The highest BCUT2D eigenvalue weighted by Crippen LogP contribution is 2.41. The Morgan fingerprint density at radius 2 is 2.36 bits per heavy atom. The van der Waals surface area contributed by atoms with Crippen LogP contribution in [-0.2, 0) is 9.59 Å². The van der Waals surface area contributed by atoms with Crippen molar-refractivity contribution in [2.75, 3.05) is 0 Å². The number of rotatable bonds is 1. The van der Waals surface area contributed by atoms with Crippen LogP contribution in [0.3, 0.4) is 0 Å². The number of amides is 1. The van der Waals surface area contributed by atoms with E-state index >= 15 is 0 Å². The first-order valence-electron chi connectivity index (χ1n) is 3.69. The van der Waals surface area contributed by atoms with Crippen molar-refractivity contribution in [3.63, 3.8) is 0 Å². The number of carbonyl (C=O) groups is 2. The van der Waals surface area contributed by atoms with Crippen molar-refractivity contribution >= 4 is 11.9 Å². The lowest BCUT2D eigenvalue weighted by molar-refractivity contribution is -0.141. The molecule has 1 heterocycles. The number of nitrogens with one attached hydrogen (secondary N) is 1. The van der Waals surface area contributed by atoms with Gasteiger partial charge in [0.1, 0.15) is 5.54 Å². The summed E-state index contributed by atoms with van der Waals surface area (Å²) in [5.41, 5.74) is -0.414. The molecule has 1 saturated carbocycles. The fourth-order valence-electron chi connectivity index (χ4n) is 1.76. The van der Waals surface area contributed by atoms with E-state index in [1.54, 1.807) is 0 Å². The molecule has 2 rings (SSSR count). The van der Waals surface area contributed by atoms with Crippen molar-refractivity contribution in [2.45, 2.75) is 24.8 Å². The van der Waals surface area contributed by atoms with E-state index in [0.717, 1.165) is 0 Å². The normalized spacial score (nSPS) is 40.7. The number of carboxylic acids is 1. The summed E-state index contributed by atoms with van der Waals surface area (Å²) in [4.78, 5) is 21.3. The lowest BCUT2D eigenvalue weighted by Crippen LogP contribution is -2.14. The lowest BCUT2D eigenvalue weighted by atomic mass is 10.1. The van der Waals surface area contributed by atoms with Gasteiger partial charge >= 0.3 is 5.97 Å². The van der Waals surface area contributed by atoms with Gasteiger partial charge in [-0.15, -0.1) is 0 Å². The van der Waals surface area contributed by atoms with Gasteiger partial charge in [0.2, 0.25) is 5.91 Å². The summed E-state index contributed by atoms with van der Waals surface area (Å²) in [6.45, 7) is 0. The topological polar surface area (TPSA) is 76.3 Å². The Labute approximate surface area is 63.6 Å². The summed E-state index contributed by atoms with van der Waals surface area (Å²) in [7, 11) is 0. The van der Waals surface area contributed by atoms with Crippen LogP contribution in [0.15, 0.2) is 0 Å². The predicted octanol–water partition coefficient (Wildman–Crippen LogP) is -0.260. The predicted molar refractivity (Wildman–Crippen MR) is 35.9 cm³/mol. The van der Waals surface area contributed by atoms with E-state index in [0.29, 0.717) is 19.3 Å². The summed E-state index contributed by atoms with van der Waals surface area (Å²) in [6, 6.07) is 0. The molecule has 0 unspecified atom stereocenters. The zero-order valence-electron chi connectivity index (χ0n) is 5.96. The Hall–Kier alpha value is -1.06. The number of hydrogen-bond donors (Lipinski definition) is 2. The van der Waals surface area contributed by atoms with Crippen molar-refractivity contribution < 1.29 is 14.7 Å². The van der Waals surface area contributed by atoms with E-state index in [9.17, 15) is 9.59 Å². The molecule has 4 nitrogen and oxygen atoms in total. The summed E-state index contributed by atoms with van der Waals surface area (Å²) >= 11 is 0. The Balaban J connectivity index is 2.05. The number of aliphatic carboxylic acids is 1. The quantitative estimate of drug-likeness (QED) is 0.512. The minimum Gasteiger partial charge on any atom is -0.481 e. The second-order valence-electron chi connectivity index (χ2n) is 3.31. The van der Waals surface area contributed by atoms with Gasteiger partial charge in [-0.2, -0.15) is 0 Å². The molecule has 2 aliphatic rings. The van der Waals surface area contributed by atoms with Crippen LogP contribution in [0.1, 0.15) is 19.3 Å². The van der Waals surface area contributed by atoms with Gasteiger partial charge in [0.05, 0.1) is 5.92 Å². The van der Waals surface area contributed by atoms with E-state index in [1.165, 1.54) is 0 Å². The Morgan fingerprint density at radius 3 is 2.64 bits per heavy atom. The molecule has 0 aromatic heterocycles. The fraction of sp³-hybridized carbons (Fsp3) is 0.714. The molecule has 11 heavy (non-hydrogen) atoms. The van der Waals surface area contributed by atoms with Crippen LogP contribution in [0.4, 0.5) is 0 Å². The summed E-state index contributed by atoms with van der Waals surface area (Å²) in [5.74, 6) is -1.06. The zero-order valence-corrected chi connectivity index (χ0v) is 5.96. The van der Waals surface area contributed by atoms with Crippen LogP contribution in [0.5, 0.6) is 0 Å². The Morgan fingerprint density at radius 1 is 1.73 bits per heavy atom. The van der Waals surface area contributed by atoms with Crippen molar-refractivity contribution in [3.8, 4) is 0 Å². The van der Waals surface area contributed by atoms with Crippen LogP contribution >= 0.6 is 0 Å². The molecule has 2 atom stereocenters. The molecular weight excluding hydrogens is 146 g/mol. The highest BCUT2D eigenvalue weighted by molar-refractivity contribution is 6.03. The average molecular weight is 155 g/mol. The zero-order chi connectivity index (χ0) is 8.06. The monoisotopic (exact) mass is 155 g/mol. The highest BCUT2D eigenvalue weighted by Gasteiger charge is 2.58. The van der Waals surface area contributed by atoms with E-state index in [1.807, 2.05) is 0 Å². The summed E-state index contributed by atoms with van der Waals surface area (Å²) in [5, 5.41) is 11.3. The highest BCUT2D eigenvalue weighted by atomic mass is 16.4. The lowest BCUT2D eigenvalue weighted by Gasteiger charge is -1.99. The maximum Gasteiger partial charge on any atom is 0.306 e. The third-order valence-corrected chi connectivity index (χ3v) is 2.59. The van der Waals surface area contributed by atoms with Crippen molar-refractivity contribution in [1.29, 1.82) is 0 Å². The third kappa shape index (κ3) is 0.818. The van der Waals surface area contributed by atoms with Crippen molar-refractivity contribution in [2.24, 2.45) is 5.92 Å². The van der Waals surface area contributed by atoms with E-state index < -0.39 is 11.5 Å². The Bertz CT molecular complexity index is 238. The SMILES string of the molecule is O=C(O)[C@@H]1CC[C@@]2(C1)NC2=O. The molecule has 2 fully saturated rings. The summed E-state index contributed by atoms with van der Waals surface area (Å²) in [6.07, 6.45) is 1.82. The molecule has 0 aromatic rings. The van der Waals surface area contributed by atoms with Gasteiger partial charge in [-0.25, -0.2) is 0 Å². The van der Waals surface area contributed by atoms with Crippen LogP contribution in [0.25, 0.3) is 0 Å². The first-order chi connectivity index (χ1) is 5.14. The molecule has 1 aliphatic heterocycles. The molecule has 2 N–H and O–H groups in total. The van der Waals surface area contributed by atoms with E-state index in [4.69, 9.17) is 5.11 Å². The van der Waals surface area contributed by atoms with Crippen molar-refractivity contribution in [1.82, 2.24) is 5.32 Å². The standard InChI is InChI=1S/C7H9NO3/c9-5(10)4-1-2-7(3-4)6(11)8-7/h4H,1-3H2,(H,8,11)(H,9,10)/t4-,7+/m1/s1. The largest absolute Gasteiger partial charge is 0.481 e. The minimum absolute atomic E-state index is 0.0289. The molecule has 0 aromatic carbocycles. The second-order valence-corrected chi connectivity index (χ2v) is 3.31. The van der Waals surface area contributed by atoms with Gasteiger partial charge in [-0.05, 0) is 19.3 Å². The minimum atomic E-state index is -0.775. The maximum atomic E-state index is 10.8. The van der Waals surface area contributed by atoms with Gasteiger partial charge in [-0.1, -0.05) is 0 Å². The molecule has 4 heteroatoms. The molecule has 60 valence electrons. The number of carbonyl (C=O) groups excluding carboxylic acids is 1. The van der Waals surface area contributed by atoms with Gasteiger partial charge in [0.15, 0.2) is 0 Å². The van der Waals surface area contributed by atoms with Crippen LogP contribution < -0.4 is 5.32 Å². The smallest absolute Gasteiger partial charge is 0.306 e. The van der Waals surface area contributed by atoms with Crippen LogP contribution in [0.2, 0.25) is 0 Å². The van der Waals surface area contributed by atoms with E-state index in [-0.39, 0.29) is 11.8 Å². The fourth-order valence-corrected chi connectivity index (χ4v) is 1.76. The number of carboxylic acid groups (broad SMARTS) is 1. The summed E-state index contributed by atoms with van der Waals surface area (Å²) < 4.78 is 0. The van der Waals surface area contributed by atoms with Gasteiger partial charge < -0.3 is 10.4 Å². The molecule has 0 bridgehead atoms. The first-order valence-corrected chi connectivity index (χ1v) is 3.69. The second kappa shape index (κ2) is 1.75. The average Bonchev–Trinajstić information content (AvgIpc) is 2.44. The van der Waals surface area contributed by atoms with E-state index in [2.05, 4.69) is 5.32 Å². The van der Waals surface area contributed by atoms with Crippen LogP contribution in [-0.4, -0.2) is 22.5 Å². The number of hydrogen-bond acceptors (Lipinski definition) is 2. The Kier molecular flexibility index (Phi) is 1.06. The molecule has 1 amide bonds. The maximum absolute atomic E-state index is 10.8. The third-order valence-electron chi connectivity index (χ3n) is 2.59. The molecule has 0 radical (unpaired) electrons. The molecule has 1 saturated heterocycles. The van der Waals surface area contributed by atoms with Gasteiger partial charge in [0, 0.05) is 0 Å². The molecular formula is C7H9NO3. The van der Waals surface area contributed by atoms with Crippen LogP contribution in [0, 0.1) is 5.92 Å². The van der Waals surface area contributed by atoms with Crippen molar-refractivity contribution in [3.05, 3.63) is 0 Å². The first kappa shape index (κ1) is 6.64. The molecule has 1 spiro atoms.